The lowest BCUT2D eigenvalue weighted by molar-refractivity contribution is 0.914. The fourth-order valence-corrected chi connectivity index (χ4v) is 2.58. The molecule has 0 saturated carbocycles. The maximum Gasteiger partial charge on any atom is 0.180 e. The van der Waals surface area contributed by atoms with Crippen molar-refractivity contribution in [3.63, 3.8) is 0 Å². The Morgan fingerprint density at radius 2 is 2.24 bits per heavy atom. The zero-order chi connectivity index (χ0) is 14.8. The number of nitrogens with one attached hydrogen (secondary N) is 1. The first kappa shape index (κ1) is 14.3. The van der Waals surface area contributed by atoms with E-state index in [0.717, 1.165) is 9.26 Å². The number of aromatic nitrogens is 3. The molecule has 3 rings (SSSR count). The lowest BCUT2D eigenvalue weighted by Gasteiger charge is -2.03. The number of hydrogen-bond acceptors (Lipinski definition) is 4. The van der Waals surface area contributed by atoms with Crippen molar-refractivity contribution in [3.8, 4) is 0 Å². The predicted octanol–water partition coefficient (Wildman–Crippen LogP) is 3.74. The number of hydrogen-bond donors (Lipinski definition) is 1. The number of rotatable bonds is 3. The van der Waals surface area contributed by atoms with Gasteiger partial charge in [-0.3, -0.25) is 5.43 Å². The van der Waals surface area contributed by atoms with Gasteiger partial charge < -0.3 is 0 Å². The van der Waals surface area contributed by atoms with Gasteiger partial charge in [-0.1, -0.05) is 41.4 Å². The van der Waals surface area contributed by atoms with E-state index >= 15 is 0 Å². The van der Waals surface area contributed by atoms with Crippen LogP contribution in [0.2, 0.25) is 5.15 Å². The Morgan fingerprint density at radius 1 is 1.38 bits per heavy atom. The molecule has 2 heterocycles. The number of benzene rings is 1. The average molecular weight is 412 g/mol. The highest BCUT2D eigenvalue weighted by Crippen LogP contribution is 2.20. The van der Waals surface area contributed by atoms with Crippen molar-refractivity contribution in [2.24, 2.45) is 5.10 Å². The minimum absolute atomic E-state index is 0.381. The average Bonchev–Trinajstić information content (AvgIpc) is 2.81. The van der Waals surface area contributed by atoms with Gasteiger partial charge in [0.1, 0.15) is 9.39 Å². The van der Waals surface area contributed by atoms with E-state index in [9.17, 15) is 0 Å². The molecule has 0 spiro atoms. The third kappa shape index (κ3) is 3.16. The van der Waals surface area contributed by atoms with Crippen LogP contribution in [-0.4, -0.2) is 20.8 Å². The summed E-state index contributed by atoms with van der Waals surface area (Å²) in [5, 5.41) is 8.81. The van der Waals surface area contributed by atoms with E-state index in [0.29, 0.717) is 16.5 Å². The molecule has 0 amide bonds. The predicted molar refractivity (Wildman–Crippen MR) is 93.1 cm³/mol. The first-order valence-electron chi connectivity index (χ1n) is 6.19. The molecule has 106 valence electrons. The standard InChI is InChI=1S/C14H11ClIN5/c1-9-3-2-4-10(5-9)7-18-19-11-6-12(15)20-21-13(16)8-17-14(11)21/h2-8,19H,1H3. The molecule has 0 atom stereocenters. The Balaban J connectivity index is 1.88. The normalized spacial score (nSPS) is 11.4. The summed E-state index contributed by atoms with van der Waals surface area (Å²) in [4.78, 5) is 4.30. The molecule has 0 aliphatic heterocycles. The second-order valence-electron chi connectivity index (χ2n) is 4.48. The summed E-state index contributed by atoms with van der Waals surface area (Å²) >= 11 is 8.16. The number of aryl methyl sites for hydroxylation is 1. The molecule has 1 aromatic carbocycles. The van der Waals surface area contributed by atoms with E-state index in [1.54, 1.807) is 23.0 Å². The molecule has 21 heavy (non-hydrogen) atoms. The lowest BCUT2D eigenvalue weighted by Crippen LogP contribution is -1.99. The Bertz CT molecular complexity index is 827. The summed E-state index contributed by atoms with van der Waals surface area (Å²) in [5.74, 6) is 0. The third-order valence-electron chi connectivity index (χ3n) is 2.84. The van der Waals surface area contributed by atoms with Crippen LogP contribution in [-0.2, 0) is 0 Å². The van der Waals surface area contributed by atoms with Crippen LogP contribution in [0, 0.1) is 10.6 Å². The molecule has 0 aliphatic rings. The van der Waals surface area contributed by atoms with Crippen LogP contribution >= 0.6 is 34.2 Å². The molecule has 1 N–H and O–H groups in total. The van der Waals surface area contributed by atoms with Gasteiger partial charge >= 0.3 is 0 Å². The summed E-state index contributed by atoms with van der Waals surface area (Å²) in [7, 11) is 0. The van der Waals surface area contributed by atoms with Crippen LogP contribution in [0.4, 0.5) is 5.69 Å². The molecule has 5 nitrogen and oxygen atoms in total. The molecule has 0 saturated heterocycles. The van der Waals surface area contributed by atoms with Gasteiger partial charge in [-0.15, -0.1) is 0 Å². The van der Waals surface area contributed by atoms with Crippen LogP contribution < -0.4 is 5.43 Å². The van der Waals surface area contributed by atoms with Gasteiger partial charge in [0.25, 0.3) is 0 Å². The van der Waals surface area contributed by atoms with Gasteiger partial charge in [0.15, 0.2) is 10.8 Å². The minimum Gasteiger partial charge on any atom is -0.275 e. The van der Waals surface area contributed by atoms with Gasteiger partial charge in [-0.05, 0) is 35.1 Å². The molecular weight excluding hydrogens is 401 g/mol. The van der Waals surface area contributed by atoms with E-state index in [-0.39, 0.29) is 0 Å². The van der Waals surface area contributed by atoms with Crippen molar-refractivity contribution >= 4 is 51.7 Å². The molecule has 0 bridgehead atoms. The van der Waals surface area contributed by atoms with Gasteiger partial charge in [0.2, 0.25) is 0 Å². The molecule has 0 radical (unpaired) electrons. The largest absolute Gasteiger partial charge is 0.275 e. The summed E-state index contributed by atoms with van der Waals surface area (Å²) < 4.78 is 2.56. The van der Waals surface area contributed by atoms with E-state index < -0.39 is 0 Å². The maximum absolute atomic E-state index is 6.01. The van der Waals surface area contributed by atoms with Crippen molar-refractivity contribution in [1.29, 1.82) is 0 Å². The summed E-state index contributed by atoms with van der Waals surface area (Å²) in [6.45, 7) is 2.05. The second-order valence-corrected chi connectivity index (χ2v) is 5.97. The van der Waals surface area contributed by atoms with Crippen LogP contribution in [0.5, 0.6) is 0 Å². The topological polar surface area (TPSA) is 54.6 Å². The number of fused-ring (bicyclic) bond motifs is 1. The van der Waals surface area contributed by atoms with E-state index in [1.165, 1.54) is 5.56 Å². The van der Waals surface area contributed by atoms with Gasteiger partial charge in [0, 0.05) is 6.07 Å². The number of halogens is 2. The first-order valence-corrected chi connectivity index (χ1v) is 7.65. The number of nitrogens with zero attached hydrogens (tertiary/aromatic N) is 4. The van der Waals surface area contributed by atoms with Crippen molar-refractivity contribution in [2.75, 3.05) is 5.43 Å². The molecule has 0 fully saturated rings. The summed E-state index contributed by atoms with van der Waals surface area (Å²) in [5.41, 5.74) is 6.58. The summed E-state index contributed by atoms with van der Waals surface area (Å²) in [6, 6.07) is 9.79. The van der Waals surface area contributed by atoms with Crippen molar-refractivity contribution < 1.29 is 0 Å². The fourth-order valence-electron chi connectivity index (χ4n) is 1.92. The zero-order valence-corrected chi connectivity index (χ0v) is 14.0. The van der Waals surface area contributed by atoms with Crippen LogP contribution in [0.25, 0.3) is 5.65 Å². The number of anilines is 1. The Kier molecular flexibility index (Phi) is 4.07. The van der Waals surface area contributed by atoms with E-state index in [1.807, 2.05) is 25.1 Å². The second kappa shape index (κ2) is 5.98. The number of imidazole rings is 1. The molecule has 7 heteroatoms. The molecule has 3 aromatic rings. The first-order chi connectivity index (χ1) is 10.1. The molecule has 0 aliphatic carbocycles. The van der Waals surface area contributed by atoms with E-state index in [4.69, 9.17) is 11.6 Å². The number of hydrazone groups is 1. The highest BCUT2D eigenvalue weighted by Gasteiger charge is 2.08. The Morgan fingerprint density at radius 3 is 3.05 bits per heavy atom. The molecule has 2 aromatic heterocycles. The van der Waals surface area contributed by atoms with Crippen LogP contribution in [0.15, 0.2) is 41.6 Å². The lowest BCUT2D eigenvalue weighted by atomic mass is 10.2. The highest BCUT2D eigenvalue weighted by molar-refractivity contribution is 14.1. The molecular formula is C14H11ClIN5. The highest BCUT2D eigenvalue weighted by atomic mass is 127. The zero-order valence-electron chi connectivity index (χ0n) is 11.1. The third-order valence-corrected chi connectivity index (χ3v) is 3.76. The fraction of sp³-hybridized carbons (Fsp3) is 0.0714. The Labute approximate surface area is 140 Å². The van der Waals surface area contributed by atoms with Gasteiger partial charge in [0.05, 0.1) is 12.4 Å². The van der Waals surface area contributed by atoms with Gasteiger partial charge in [-0.25, -0.2) is 9.50 Å². The molecule has 0 unspecified atom stereocenters. The van der Waals surface area contributed by atoms with Gasteiger partial charge in [-0.2, -0.15) is 10.2 Å². The maximum atomic E-state index is 6.01. The van der Waals surface area contributed by atoms with Crippen molar-refractivity contribution in [3.05, 3.63) is 56.5 Å². The van der Waals surface area contributed by atoms with Crippen molar-refractivity contribution in [2.45, 2.75) is 6.92 Å². The minimum atomic E-state index is 0.381. The monoisotopic (exact) mass is 411 g/mol. The Hall–Kier alpha value is -1.67. The van der Waals surface area contributed by atoms with E-state index in [2.05, 4.69) is 49.3 Å². The summed E-state index contributed by atoms with van der Waals surface area (Å²) in [6.07, 6.45) is 3.49. The van der Waals surface area contributed by atoms with Crippen molar-refractivity contribution in [1.82, 2.24) is 14.6 Å². The quantitative estimate of drug-likeness (QED) is 0.406. The SMILES string of the molecule is Cc1cccc(C=NNc2cc(Cl)nn3c(I)cnc23)c1. The van der Waals surface area contributed by atoms with Crippen LogP contribution in [0.3, 0.4) is 0 Å². The van der Waals surface area contributed by atoms with Crippen LogP contribution in [0.1, 0.15) is 11.1 Å². The smallest absolute Gasteiger partial charge is 0.180 e.